The van der Waals surface area contributed by atoms with Crippen LogP contribution in [-0.2, 0) is 6.54 Å². The average Bonchev–Trinajstić information content (AvgIpc) is 2.97. The molecule has 3 aromatic rings. The SMILES string of the molecule is Cc1sc(C(=O)O)cc1Cn1ccc2c(F)cccc21. The highest BCUT2D eigenvalue weighted by Gasteiger charge is 2.12. The van der Waals surface area contributed by atoms with Crippen molar-refractivity contribution in [2.24, 2.45) is 0 Å². The minimum atomic E-state index is -0.909. The third-order valence-electron chi connectivity index (χ3n) is 3.33. The van der Waals surface area contributed by atoms with Crippen LogP contribution in [0.5, 0.6) is 0 Å². The van der Waals surface area contributed by atoms with Crippen LogP contribution in [0.15, 0.2) is 36.5 Å². The summed E-state index contributed by atoms with van der Waals surface area (Å²) < 4.78 is 15.6. The Morgan fingerprint density at radius 1 is 1.40 bits per heavy atom. The van der Waals surface area contributed by atoms with Crippen molar-refractivity contribution in [2.45, 2.75) is 13.5 Å². The van der Waals surface area contributed by atoms with Gasteiger partial charge >= 0.3 is 5.97 Å². The van der Waals surface area contributed by atoms with Crippen molar-refractivity contribution in [1.29, 1.82) is 0 Å². The number of aromatic nitrogens is 1. The normalized spacial score (nSPS) is 11.1. The van der Waals surface area contributed by atoms with Crippen LogP contribution < -0.4 is 0 Å². The summed E-state index contributed by atoms with van der Waals surface area (Å²) in [4.78, 5) is 12.3. The summed E-state index contributed by atoms with van der Waals surface area (Å²) in [5.74, 6) is -1.15. The molecule has 1 N–H and O–H groups in total. The smallest absolute Gasteiger partial charge is 0.345 e. The zero-order chi connectivity index (χ0) is 14.3. The number of carbonyl (C=O) groups is 1. The number of halogens is 1. The maximum atomic E-state index is 13.6. The summed E-state index contributed by atoms with van der Waals surface area (Å²) in [6.45, 7) is 2.45. The van der Waals surface area contributed by atoms with E-state index in [1.807, 2.05) is 23.8 Å². The molecule has 1 aromatic carbocycles. The van der Waals surface area contributed by atoms with Crippen LogP contribution in [0.1, 0.15) is 20.1 Å². The van der Waals surface area contributed by atoms with Gasteiger partial charge in [-0.05, 0) is 36.8 Å². The lowest BCUT2D eigenvalue weighted by molar-refractivity contribution is 0.0702. The molecule has 0 saturated heterocycles. The number of hydrogen-bond acceptors (Lipinski definition) is 2. The molecule has 5 heteroatoms. The molecule has 2 heterocycles. The number of thiophene rings is 1. The van der Waals surface area contributed by atoms with Gasteiger partial charge in [0.1, 0.15) is 10.7 Å². The number of carboxylic acids is 1. The van der Waals surface area contributed by atoms with Crippen LogP contribution in [0.3, 0.4) is 0 Å². The number of aromatic carboxylic acids is 1. The van der Waals surface area contributed by atoms with E-state index >= 15 is 0 Å². The van der Waals surface area contributed by atoms with E-state index in [0.29, 0.717) is 16.8 Å². The van der Waals surface area contributed by atoms with Crippen LogP contribution in [0, 0.1) is 12.7 Å². The number of benzene rings is 1. The fourth-order valence-corrected chi connectivity index (χ4v) is 3.16. The van der Waals surface area contributed by atoms with E-state index in [4.69, 9.17) is 5.11 Å². The molecule has 0 aliphatic carbocycles. The summed E-state index contributed by atoms with van der Waals surface area (Å²) in [6, 6.07) is 8.40. The average molecular weight is 289 g/mol. The minimum absolute atomic E-state index is 0.241. The second-order valence-corrected chi connectivity index (χ2v) is 5.87. The lowest BCUT2D eigenvalue weighted by Crippen LogP contribution is -1.98. The Labute approximate surface area is 118 Å². The largest absolute Gasteiger partial charge is 0.477 e. The fourth-order valence-electron chi connectivity index (χ4n) is 2.29. The summed E-state index contributed by atoms with van der Waals surface area (Å²) in [7, 11) is 0. The van der Waals surface area contributed by atoms with E-state index in [9.17, 15) is 9.18 Å². The van der Waals surface area contributed by atoms with Crippen molar-refractivity contribution in [3.63, 3.8) is 0 Å². The number of rotatable bonds is 3. The molecule has 0 radical (unpaired) electrons. The summed E-state index contributed by atoms with van der Waals surface area (Å²) in [5.41, 5.74) is 1.77. The van der Waals surface area contributed by atoms with Gasteiger partial charge in [0.05, 0.1) is 5.52 Å². The lowest BCUT2D eigenvalue weighted by Gasteiger charge is -2.05. The van der Waals surface area contributed by atoms with E-state index in [0.717, 1.165) is 16.0 Å². The standard InChI is InChI=1S/C15H12FNO2S/c1-9-10(7-14(20-9)15(18)19)8-17-6-5-11-12(16)3-2-4-13(11)17/h2-7H,8H2,1H3,(H,18,19). The number of nitrogens with zero attached hydrogens (tertiary/aromatic N) is 1. The monoisotopic (exact) mass is 289 g/mol. The van der Waals surface area contributed by atoms with Crippen molar-refractivity contribution in [2.75, 3.05) is 0 Å². The molecule has 0 atom stereocenters. The number of carboxylic acid groups (broad SMARTS) is 1. The van der Waals surface area contributed by atoms with Gasteiger partial charge in [-0.2, -0.15) is 0 Å². The Bertz CT molecular complexity index is 803. The summed E-state index contributed by atoms with van der Waals surface area (Å²) >= 11 is 1.27. The zero-order valence-electron chi connectivity index (χ0n) is 10.8. The molecule has 0 aliphatic heterocycles. The highest BCUT2D eigenvalue weighted by Crippen LogP contribution is 2.25. The van der Waals surface area contributed by atoms with E-state index in [-0.39, 0.29) is 5.82 Å². The molecule has 2 aromatic heterocycles. The highest BCUT2D eigenvalue weighted by molar-refractivity contribution is 7.14. The Morgan fingerprint density at radius 2 is 2.20 bits per heavy atom. The van der Waals surface area contributed by atoms with Gasteiger partial charge in [0.2, 0.25) is 0 Å². The van der Waals surface area contributed by atoms with E-state index < -0.39 is 5.97 Å². The van der Waals surface area contributed by atoms with Crippen LogP contribution >= 0.6 is 11.3 Å². The van der Waals surface area contributed by atoms with Gasteiger partial charge in [-0.1, -0.05) is 6.07 Å². The molecule has 0 fully saturated rings. The van der Waals surface area contributed by atoms with Crippen LogP contribution in [-0.4, -0.2) is 15.6 Å². The molecule has 3 nitrogen and oxygen atoms in total. The Balaban J connectivity index is 2.01. The van der Waals surface area contributed by atoms with Gasteiger partial charge in [-0.15, -0.1) is 11.3 Å². The van der Waals surface area contributed by atoms with Crippen molar-refractivity contribution in [1.82, 2.24) is 4.57 Å². The number of aryl methyl sites for hydroxylation is 1. The molecule has 0 spiro atoms. The van der Waals surface area contributed by atoms with Gasteiger partial charge in [-0.25, -0.2) is 9.18 Å². The molecule has 0 saturated carbocycles. The van der Waals surface area contributed by atoms with Crippen molar-refractivity contribution >= 4 is 28.2 Å². The zero-order valence-corrected chi connectivity index (χ0v) is 11.6. The summed E-state index contributed by atoms with van der Waals surface area (Å²) in [5, 5.41) is 9.59. The van der Waals surface area contributed by atoms with Crippen molar-refractivity contribution < 1.29 is 14.3 Å². The molecule has 0 unspecified atom stereocenters. The van der Waals surface area contributed by atoms with Gasteiger partial charge < -0.3 is 9.67 Å². The fraction of sp³-hybridized carbons (Fsp3) is 0.133. The van der Waals surface area contributed by atoms with Gasteiger partial charge in [0.15, 0.2) is 0 Å². The Kier molecular flexibility index (Phi) is 3.06. The van der Waals surface area contributed by atoms with Gasteiger partial charge in [-0.3, -0.25) is 0 Å². The van der Waals surface area contributed by atoms with Crippen LogP contribution in [0.4, 0.5) is 4.39 Å². The molecular weight excluding hydrogens is 277 g/mol. The van der Waals surface area contributed by atoms with Crippen molar-refractivity contribution in [3.8, 4) is 0 Å². The van der Waals surface area contributed by atoms with E-state index in [1.54, 1.807) is 18.2 Å². The summed E-state index contributed by atoms with van der Waals surface area (Å²) in [6.07, 6.45) is 1.82. The maximum Gasteiger partial charge on any atom is 0.345 e. The number of hydrogen-bond donors (Lipinski definition) is 1. The first-order chi connectivity index (χ1) is 9.56. The minimum Gasteiger partial charge on any atom is -0.477 e. The molecule has 0 amide bonds. The van der Waals surface area contributed by atoms with E-state index in [2.05, 4.69) is 0 Å². The molecule has 0 aliphatic rings. The van der Waals surface area contributed by atoms with Crippen molar-refractivity contribution in [3.05, 3.63) is 57.7 Å². The third-order valence-corrected chi connectivity index (χ3v) is 4.41. The molecule has 20 heavy (non-hydrogen) atoms. The molecule has 102 valence electrons. The predicted octanol–water partition coefficient (Wildman–Crippen LogP) is 3.90. The first-order valence-electron chi connectivity index (χ1n) is 6.12. The quantitative estimate of drug-likeness (QED) is 0.794. The second-order valence-electron chi connectivity index (χ2n) is 4.61. The first kappa shape index (κ1) is 12.9. The van der Waals surface area contributed by atoms with Crippen LogP contribution in [0.2, 0.25) is 0 Å². The highest BCUT2D eigenvalue weighted by atomic mass is 32.1. The first-order valence-corrected chi connectivity index (χ1v) is 6.94. The topological polar surface area (TPSA) is 42.2 Å². The molecule has 0 bridgehead atoms. The van der Waals surface area contributed by atoms with Gasteiger partial charge in [0, 0.05) is 23.0 Å². The predicted molar refractivity (Wildman–Crippen MR) is 77.0 cm³/mol. The van der Waals surface area contributed by atoms with E-state index in [1.165, 1.54) is 17.4 Å². The maximum absolute atomic E-state index is 13.6. The second kappa shape index (κ2) is 4.76. The Morgan fingerprint density at radius 3 is 2.90 bits per heavy atom. The molecule has 3 rings (SSSR count). The Hall–Kier alpha value is -2.14. The number of fused-ring (bicyclic) bond motifs is 1. The van der Waals surface area contributed by atoms with Crippen LogP contribution in [0.25, 0.3) is 10.9 Å². The lowest BCUT2D eigenvalue weighted by atomic mass is 10.2. The molecular formula is C15H12FNO2S. The van der Waals surface area contributed by atoms with Gasteiger partial charge in [0.25, 0.3) is 0 Å². The third kappa shape index (κ3) is 2.10.